The zero-order chi connectivity index (χ0) is 17.9. The molecule has 0 radical (unpaired) electrons. The molecule has 2 aliphatic heterocycles. The second-order valence-electron chi connectivity index (χ2n) is 6.32. The summed E-state index contributed by atoms with van der Waals surface area (Å²) < 4.78 is 43.8. The molecule has 2 heterocycles. The Morgan fingerprint density at radius 1 is 1.12 bits per heavy atom. The Morgan fingerprint density at radius 3 is 2.56 bits per heavy atom. The number of ether oxygens (including phenoxy) is 3. The summed E-state index contributed by atoms with van der Waals surface area (Å²) in [6, 6.07) is 5.07. The summed E-state index contributed by atoms with van der Waals surface area (Å²) in [5, 5.41) is 0. The molecule has 2 fully saturated rings. The van der Waals surface area contributed by atoms with E-state index >= 15 is 0 Å². The summed E-state index contributed by atoms with van der Waals surface area (Å²) >= 11 is 0. The Hall–Kier alpha value is -1.35. The number of benzene rings is 1. The van der Waals surface area contributed by atoms with Crippen molar-refractivity contribution < 1.29 is 22.6 Å². The van der Waals surface area contributed by atoms with Gasteiger partial charge in [0.15, 0.2) is 0 Å². The smallest absolute Gasteiger partial charge is 0.246 e. The van der Waals surface area contributed by atoms with E-state index in [1.807, 2.05) is 0 Å². The van der Waals surface area contributed by atoms with Gasteiger partial charge in [0.05, 0.1) is 27.4 Å². The third-order valence-electron chi connectivity index (χ3n) is 4.91. The molecule has 0 aliphatic carbocycles. The molecule has 2 aliphatic rings. The van der Waals surface area contributed by atoms with Crippen LogP contribution in [0.1, 0.15) is 12.8 Å². The molecule has 1 atom stereocenters. The summed E-state index contributed by atoms with van der Waals surface area (Å²) in [4.78, 5) is 2.54. The molecule has 1 aromatic rings. The number of nitrogens with zero attached hydrogens (tertiary/aromatic N) is 2. The first kappa shape index (κ1) is 18.4. The zero-order valence-electron chi connectivity index (χ0n) is 14.8. The minimum atomic E-state index is -3.61. The topological polar surface area (TPSA) is 68.3 Å². The maximum Gasteiger partial charge on any atom is 0.246 e. The lowest BCUT2D eigenvalue weighted by Crippen LogP contribution is -2.52. The lowest BCUT2D eigenvalue weighted by molar-refractivity contribution is 0.00537. The van der Waals surface area contributed by atoms with Crippen molar-refractivity contribution in [2.75, 3.05) is 53.6 Å². The number of sulfonamides is 1. The molecule has 0 aromatic heterocycles. The van der Waals surface area contributed by atoms with E-state index in [1.165, 1.54) is 7.11 Å². The lowest BCUT2D eigenvalue weighted by Gasteiger charge is -2.40. The van der Waals surface area contributed by atoms with Gasteiger partial charge in [-0.1, -0.05) is 0 Å². The fourth-order valence-electron chi connectivity index (χ4n) is 3.51. The molecule has 0 saturated carbocycles. The van der Waals surface area contributed by atoms with Gasteiger partial charge in [0.1, 0.15) is 16.4 Å². The van der Waals surface area contributed by atoms with Crippen LogP contribution >= 0.6 is 0 Å². The second kappa shape index (κ2) is 7.90. The van der Waals surface area contributed by atoms with Crippen molar-refractivity contribution in [2.45, 2.75) is 23.8 Å². The van der Waals surface area contributed by atoms with Crippen LogP contribution < -0.4 is 9.47 Å². The SMILES string of the molecule is COc1ccc(S(=O)(=O)N2CCCC(N3CCOCC3)C2)c(OC)c1. The highest BCUT2D eigenvalue weighted by Crippen LogP contribution is 2.32. The van der Waals surface area contributed by atoms with Crippen LogP contribution in [0.25, 0.3) is 0 Å². The number of morpholine rings is 1. The Kier molecular flexibility index (Phi) is 5.83. The number of piperidine rings is 1. The molecule has 0 N–H and O–H groups in total. The van der Waals surface area contributed by atoms with Gasteiger partial charge >= 0.3 is 0 Å². The first-order valence-corrected chi connectivity index (χ1v) is 10.0. The summed E-state index contributed by atoms with van der Waals surface area (Å²) in [5.41, 5.74) is 0. The first-order chi connectivity index (χ1) is 12.1. The maximum absolute atomic E-state index is 13.2. The number of methoxy groups -OCH3 is 2. The van der Waals surface area contributed by atoms with E-state index in [-0.39, 0.29) is 10.9 Å². The van der Waals surface area contributed by atoms with E-state index in [0.29, 0.717) is 24.6 Å². The van der Waals surface area contributed by atoms with Gasteiger partial charge < -0.3 is 14.2 Å². The van der Waals surface area contributed by atoms with E-state index in [2.05, 4.69) is 4.90 Å². The van der Waals surface area contributed by atoms with Crippen molar-refractivity contribution in [3.8, 4) is 11.5 Å². The van der Waals surface area contributed by atoms with Crippen LogP contribution in [0.2, 0.25) is 0 Å². The van der Waals surface area contributed by atoms with Crippen molar-refractivity contribution in [3.05, 3.63) is 18.2 Å². The molecule has 7 nitrogen and oxygen atoms in total. The highest BCUT2D eigenvalue weighted by Gasteiger charge is 2.34. The molecule has 1 unspecified atom stereocenters. The Labute approximate surface area is 149 Å². The fourth-order valence-corrected chi connectivity index (χ4v) is 5.16. The van der Waals surface area contributed by atoms with E-state index < -0.39 is 10.0 Å². The fraction of sp³-hybridized carbons (Fsp3) is 0.647. The van der Waals surface area contributed by atoms with Crippen LogP contribution in [-0.2, 0) is 14.8 Å². The monoisotopic (exact) mass is 370 g/mol. The molecule has 140 valence electrons. The van der Waals surface area contributed by atoms with Gasteiger partial charge in [0.25, 0.3) is 0 Å². The van der Waals surface area contributed by atoms with Crippen LogP contribution in [0, 0.1) is 0 Å². The molecule has 1 aromatic carbocycles. The molecule has 2 saturated heterocycles. The summed E-state index contributed by atoms with van der Waals surface area (Å²) in [6.07, 6.45) is 1.88. The van der Waals surface area contributed by atoms with E-state index in [9.17, 15) is 8.42 Å². The van der Waals surface area contributed by atoms with Crippen molar-refractivity contribution >= 4 is 10.0 Å². The van der Waals surface area contributed by atoms with Crippen LogP contribution in [0.3, 0.4) is 0 Å². The van der Waals surface area contributed by atoms with Crippen LogP contribution in [-0.4, -0.2) is 77.3 Å². The van der Waals surface area contributed by atoms with Gasteiger partial charge in [-0.25, -0.2) is 8.42 Å². The van der Waals surface area contributed by atoms with Crippen LogP contribution in [0.15, 0.2) is 23.1 Å². The minimum absolute atomic E-state index is 0.193. The first-order valence-electron chi connectivity index (χ1n) is 8.60. The van der Waals surface area contributed by atoms with Crippen LogP contribution in [0.4, 0.5) is 0 Å². The van der Waals surface area contributed by atoms with Gasteiger partial charge in [0.2, 0.25) is 10.0 Å². The van der Waals surface area contributed by atoms with Crippen molar-refractivity contribution in [3.63, 3.8) is 0 Å². The molecular formula is C17H26N2O5S. The molecule has 25 heavy (non-hydrogen) atoms. The molecule has 0 amide bonds. The highest BCUT2D eigenvalue weighted by molar-refractivity contribution is 7.89. The average Bonchev–Trinajstić information content (AvgIpc) is 2.68. The molecule has 0 spiro atoms. The van der Waals surface area contributed by atoms with E-state index in [0.717, 1.165) is 39.1 Å². The van der Waals surface area contributed by atoms with Gasteiger partial charge in [-0.15, -0.1) is 0 Å². The van der Waals surface area contributed by atoms with Gasteiger partial charge in [0, 0.05) is 38.3 Å². The normalized spacial score (nSPS) is 23.4. The van der Waals surface area contributed by atoms with Crippen LogP contribution in [0.5, 0.6) is 11.5 Å². The van der Waals surface area contributed by atoms with E-state index in [4.69, 9.17) is 14.2 Å². The van der Waals surface area contributed by atoms with Gasteiger partial charge in [-0.2, -0.15) is 4.31 Å². The standard InChI is InChI=1S/C17H26N2O5S/c1-22-15-5-6-17(16(12-15)23-2)25(20,21)19-7-3-4-14(13-19)18-8-10-24-11-9-18/h5-6,12,14H,3-4,7-11,13H2,1-2H3. The Morgan fingerprint density at radius 2 is 1.88 bits per heavy atom. The van der Waals surface area contributed by atoms with E-state index in [1.54, 1.807) is 29.6 Å². The molecular weight excluding hydrogens is 344 g/mol. The third kappa shape index (κ3) is 3.92. The number of rotatable bonds is 5. The molecule has 0 bridgehead atoms. The molecule has 3 rings (SSSR count). The predicted octanol–water partition coefficient (Wildman–Crippen LogP) is 1.19. The number of hydrogen-bond donors (Lipinski definition) is 0. The van der Waals surface area contributed by atoms with Gasteiger partial charge in [-0.05, 0) is 25.0 Å². The predicted molar refractivity (Wildman–Crippen MR) is 93.7 cm³/mol. The van der Waals surface area contributed by atoms with Crippen molar-refractivity contribution in [2.24, 2.45) is 0 Å². The van der Waals surface area contributed by atoms with Gasteiger partial charge in [-0.3, -0.25) is 4.90 Å². The molecule has 8 heteroatoms. The lowest BCUT2D eigenvalue weighted by atomic mass is 10.1. The summed E-state index contributed by atoms with van der Waals surface area (Å²) in [6.45, 7) is 4.22. The van der Waals surface area contributed by atoms with Crippen molar-refractivity contribution in [1.29, 1.82) is 0 Å². The average molecular weight is 370 g/mol. The Bertz CT molecular complexity index is 688. The summed E-state index contributed by atoms with van der Waals surface area (Å²) in [7, 11) is -0.592. The highest BCUT2D eigenvalue weighted by atomic mass is 32.2. The summed E-state index contributed by atoms with van der Waals surface area (Å²) in [5.74, 6) is 0.883. The number of hydrogen-bond acceptors (Lipinski definition) is 6. The second-order valence-corrected chi connectivity index (χ2v) is 8.23. The van der Waals surface area contributed by atoms with Crippen molar-refractivity contribution in [1.82, 2.24) is 9.21 Å². The maximum atomic E-state index is 13.2. The zero-order valence-corrected chi connectivity index (χ0v) is 15.6. The Balaban J connectivity index is 1.81. The minimum Gasteiger partial charge on any atom is -0.497 e. The third-order valence-corrected chi connectivity index (χ3v) is 6.81. The quantitative estimate of drug-likeness (QED) is 0.776. The largest absolute Gasteiger partial charge is 0.497 e.